The number of benzene rings is 1. The van der Waals surface area contributed by atoms with Crippen molar-refractivity contribution in [1.29, 1.82) is 0 Å². The van der Waals surface area contributed by atoms with E-state index < -0.39 is 0 Å². The summed E-state index contributed by atoms with van der Waals surface area (Å²) in [7, 11) is 2.16. The number of aryl methyl sites for hydroxylation is 1. The molecule has 4 heterocycles. The Kier molecular flexibility index (Phi) is 5.95. The maximum Gasteiger partial charge on any atom is 0.275 e. The molecule has 0 spiro atoms. The molecule has 2 N–H and O–H groups in total. The number of ether oxygens (including phenoxy) is 1. The zero-order chi connectivity index (χ0) is 22.1. The molecule has 1 aromatic carbocycles. The lowest BCUT2D eigenvalue weighted by molar-refractivity contribution is 0.0651. The van der Waals surface area contributed by atoms with Gasteiger partial charge in [0.05, 0.1) is 11.4 Å². The molecule has 0 aliphatic carbocycles. The first-order chi connectivity index (χ1) is 15.6. The smallest absolute Gasteiger partial charge is 0.275 e. The predicted octanol–water partition coefficient (Wildman–Crippen LogP) is 2.27. The minimum absolute atomic E-state index is 0.0316. The third-order valence-electron chi connectivity index (χ3n) is 6.48. The normalized spacial score (nSPS) is 18.9. The first-order valence-corrected chi connectivity index (χ1v) is 11.4. The molecule has 2 aliphatic heterocycles. The van der Waals surface area contributed by atoms with E-state index in [9.17, 15) is 4.79 Å². The van der Waals surface area contributed by atoms with Gasteiger partial charge in [0.2, 0.25) is 0 Å². The van der Waals surface area contributed by atoms with Gasteiger partial charge in [-0.15, -0.1) is 0 Å². The molecular formula is C23H31N7O2. The van der Waals surface area contributed by atoms with E-state index in [-0.39, 0.29) is 11.6 Å². The maximum absolute atomic E-state index is 13.5. The molecule has 9 nitrogen and oxygen atoms in total. The number of hydrogen-bond acceptors (Lipinski definition) is 7. The van der Waals surface area contributed by atoms with E-state index in [4.69, 9.17) is 9.84 Å². The SMILES string of the molecule is Cc1cc(Nc2nn(C3CCOCC3)c(=O)c3cc(CN4CCN(C)CC4)ccc23)n[nH]1. The van der Waals surface area contributed by atoms with Crippen molar-refractivity contribution in [1.82, 2.24) is 29.8 Å². The lowest BCUT2D eigenvalue weighted by Gasteiger charge is -2.32. The number of hydrogen-bond donors (Lipinski definition) is 2. The van der Waals surface area contributed by atoms with Crippen molar-refractivity contribution < 1.29 is 4.74 Å². The average molecular weight is 438 g/mol. The predicted molar refractivity (Wildman–Crippen MR) is 124 cm³/mol. The minimum atomic E-state index is -0.0316. The zero-order valence-electron chi connectivity index (χ0n) is 18.8. The van der Waals surface area contributed by atoms with Gasteiger partial charge in [-0.3, -0.25) is 14.8 Å². The number of likely N-dealkylation sites (N-methyl/N-ethyl adjacent to an activating group) is 1. The summed E-state index contributed by atoms with van der Waals surface area (Å²) in [5.74, 6) is 1.35. The first-order valence-electron chi connectivity index (χ1n) is 11.4. The lowest BCUT2D eigenvalue weighted by Crippen LogP contribution is -2.43. The molecule has 0 atom stereocenters. The molecule has 2 aromatic heterocycles. The Hall–Kier alpha value is -2.75. The molecule has 9 heteroatoms. The van der Waals surface area contributed by atoms with Gasteiger partial charge < -0.3 is 15.0 Å². The van der Waals surface area contributed by atoms with Crippen LogP contribution < -0.4 is 10.9 Å². The Morgan fingerprint density at radius 2 is 1.91 bits per heavy atom. The molecule has 170 valence electrons. The van der Waals surface area contributed by atoms with Gasteiger partial charge >= 0.3 is 0 Å². The monoisotopic (exact) mass is 437 g/mol. The van der Waals surface area contributed by atoms with Crippen molar-refractivity contribution in [2.24, 2.45) is 0 Å². The van der Waals surface area contributed by atoms with Gasteiger partial charge in [-0.2, -0.15) is 10.2 Å². The number of nitrogens with one attached hydrogen (secondary N) is 2. The van der Waals surface area contributed by atoms with Crippen molar-refractivity contribution in [2.45, 2.75) is 32.4 Å². The van der Waals surface area contributed by atoms with E-state index >= 15 is 0 Å². The van der Waals surface area contributed by atoms with Gasteiger partial charge in [0.25, 0.3) is 5.56 Å². The van der Waals surface area contributed by atoms with E-state index in [0.717, 1.165) is 62.2 Å². The molecule has 0 amide bonds. The third-order valence-corrected chi connectivity index (χ3v) is 6.48. The number of rotatable bonds is 5. The van der Waals surface area contributed by atoms with Crippen LogP contribution in [-0.2, 0) is 11.3 Å². The van der Waals surface area contributed by atoms with Crippen LogP contribution in [0.25, 0.3) is 10.8 Å². The van der Waals surface area contributed by atoms with Crippen LogP contribution in [0.3, 0.4) is 0 Å². The van der Waals surface area contributed by atoms with Gasteiger partial charge in [0, 0.05) is 63.1 Å². The van der Waals surface area contributed by atoms with E-state index in [1.807, 2.05) is 19.1 Å². The summed E-state index contributed by atoms with van der Waals surface area (Å²) in [5, 5.41) is 16.8. The minimum Gasteiger partial charge on any atom is -0.381 e. The summed E-state index contributed by atoms with van der Waals surface area (Å²) in [4.78, 5) is 18.3. The molecule has 0 radical (unpaired) electrons. The average Bonchev–Trinajstić information content (AvgIpc) is 3.22. The molecule has 0 bridgehead atoms. The van der Waals surface area contributed by atoms with Crippen molar-refractivity contribution >= 4 is 22.4 Å². The van der Waals surface area contributed by atoms with Crippen LogP contribution in [0.1, 0.15) is 30.1 Å². The molecule has 32 heavy (non-hydrogen) atoms. The third kappa shape index (κ3) is 4.41. The summed E-state index contributed by atoms with van der Waals surface area (Å²) in [6.07, 6.45) is 1.58. The molecule has 0 unspecified atom stereocenters. The quantitative estimate of drug-likeness (QED) is 0.633. The van der Waals surface area contributed by atoms with Crippen LogP contribution in [-0.4, -0.2) is 76.2 Å². The zero-order valence-corrected chi connectivity index (χ0v) is 18.8. The van der Waals surface area contributed by atoms with Crippen LogP contribution in [0.15, 0.2) is 29.1 Å². The lowest BCUT2D eigenvalue weighted by atomic mass is 10.1. The Bertz CT molecular complexity index is 1140. The number of nitrogens with zero attached hydrogens (tertiary/aromatic N) is 5. The molecule has 5 rings (SSSR count). The second-order valence-electron chi connectivity index (χ2n) is 8.96. The fraction of sp³-hybridized carbons (Fsp3) is 0.522. The van der Waals surface area contributed by atoms with Crippen LogP contribution in [0, 0.1) is 6.92 Å². The van der Waals surface area contributed by atoms with Gasteiger partial charge in [0.1, 0.15) is 0 Å². The second-order valence-corrected chi connectivity index (χ2v) is 8.96. The summed E-state index contributed by atoms with van der Waals surface area (Å²) in [6.45, 7) is 8.35. The number of aromatic nitrogens is 4. The number of piperazine rings is 1. The summed E-state index contributed by atoms with van der Waals surface area (Å²) >= 11 is 0. The highest BCUT2D eigenvalue weighted by atomic mass is 16.5. The Morgan fingerprint density at radius 1 is 1.12 bits per heavy atom. The Morgan fingerprint density at radius 3 is 2.62 bits per heavy atom. The van der Waals surface area contributed by atoms with Crippen LogP contribution in [0.4, 0.5) is 11.6 Å². The van der Waals surface area contributed by atoms with E-state index in [0.29, 0.717) is 30.2 Å². The highest BCUT2D eigenvalue weighted by Crippen LogP contribution is 2.26. The van der Waals surface area contributed by atoms with Crippen LogP contribution in [0.2, 0.25) is 0 Å². The summed E-state index contributed by atoms with van der Waals surface area (Å²) in [5.41, 5.74) is 2.09. The van der Waals surface area contributed by atoms with Gasteiger partial charge in [0.15, 0.2) is 11.6 Å². The van der Waals surface area contributed by atoms with Gasteiger partial charge in [-0.05, 0) is 38.4 Å². The van der Waals surface area contributed by atoms with E-state index in [1.165, 1.54) is 0 Å². The largest absolute Gasteiger partial charge is 0.381 e. The maximum atomic E-state index is 13.5. The highest BCUT2D eigenvalue weighted by molar-refractivity contribution is 5.92. The molecule has 2 saturated heterocycles. The molecule has 2 aliphatic rings. The number of H-pyrrole nitrogens is 1. The van der Waals surface area contributed by atoms with Crippen molar-refractivity contribution in [3.8, 4) is 0 Å². The summed E-state index contributed by atoms with van der Waals surface area (Å²) < 4.78 is 7.17. The van der Waals surface area contributed by atoms with Crippen molar-refractivity contribution in [3.63, 3.8) is 0 Å². The fourth-order valence-corrected chi connectivity index (χ4v) is 4.54. The highest BCUT2D eigenvalue weighted by Gasteiger charge is 2.22. The Balaban J connectivity index is 1.53. The van der Waals surface area contributed by atoms with Crippen LogP contribution in [0.5, 0.6) is 0 Å². The molecule has 2 fully saturated rings. The van der Waals surface area contributed by atoms with Crippen molar-refractivity contribution in [3.05, 3.63) is 45.9 Å². The van der Waals surface area contributed by atoms with Gasteiger partial charge in [-0.25, -0.2) is 4.68 Å². The number of anilines is 2. The molecule has 0 saturated carbocycles. The number of aromatic amines is 1. The first kappa shape index (κ1) is 21.1. The van der Waals surface area contributed by atoms with Gasteiger partial charge in [-0.1, -0.05) is 12.1 Å². The Labute approximate surface area is 187 Å². The van der Waals surface area contributed by atoms with Crippen molar-refractivity contribution in [2.75, 3.05) is 51.8 Å². The molecule has 3 aromatic rings. The van der Waals surface area contributed by atoms with E-state index in [2.05, 4.69) is 44.5 Å². The fourth-order valence-electron chi connectivity index (χ4n) is 4.54. The standard InChI is InChI=1S/C23H31N7O2/c1-16-13-21(26-25-16)24-22-19-4-3-17(15-29-9-7-28(2)8-10-29)14-20(19)23(31)30(27-22)18-5-11-32-12-6-18/h3-4,13-14,18H,5-12,15H2,1-2H3,(H2,24,25,26,27). The topological polar surface area (TPSA) is 91.3 Å². The molecular weight excluding hydrogens is 406 g/mol. The van der Waals surface area contributed by atoms with Crippen LogP contribution >= 0.6 is 0 Å². The summed E-state index contributed by atoms with van der Waals surface area (Å²) in [6, 6.07) is 8.16. The van der Waals surface area contributed by atoms with E-state index in [1.54, 1.807) is 4.68 Å². The second kappa shape index (κ2) is 9.01. The number of fused-ring (bicyclic) bond motifs is 1.